The maximum Gasteiger partial charge on any atom is 0.274 e. The Kier molecular flexibility index (Phi) is 3.69. The zero-order chi connectivity index (χ0) is 13.9. The van der Waals surface area contributed by atoms with Gasteiger partial charge in [0, 0.05) is 32.2 Å². The summed E-state index contributed by atoms with van der Waals surface area (Å²) in [5.41, 5.74) is 1.41. The third-order valence-corrected chi connectivity index (χ3v) is 3.89. The lowest BCUT2D eigenvalue weighted by molar-refractivity contribution is 0.0496. The molecule has 20 heavy (non-hydrogen) atoms. The first-order valence-corrected chi connectivity index (χ1v) is 7.02. The van der Waals surface area contributed by atoms with Crippen molar-refractivity contribution in [1.82, 2.24) is 15.1 Å². The number of para-hydroxylation sites is 1. The van der Waals surface area contributed by atoms with E-state index in [-0.39, 0.29) is 5.91 Å². The topological polar surface area (TPSA) is 58.2 Å². The lowest BCUT2D eigenvalue weighted by Gasteiger charge is -2.26. The molecule has 5 heteroatoms. The van der Waals surface area contributed by atoms with E-state index in [0.717, 1.165) is 43.5 Å². The minimum atomic E-state index is -0.0195. The van der Waals surface area contributed by atoms with Crippen LogP contribution < -0.4 is 0 Å². The second kappa shape index (κ2) is 5.63. The SMILES string of the molecule is CN(CC1CCOCC1)C(=O)c1n[nH]c2ccccc12. The fraction of sp³-hybridized carbons (Fsp3) is 0.467. The molecule has 3 rings (SSSR count). The van der Waals surface area contributed by atoms with Gasteiger partial charge in [0.1, 0.15) is 0 Å². The summed E-state index contributed by atoms with van der Waals surface area (Å²) < 4.78 is 5.35. The van der Waals surface area contributed by atoms with Gasteiger partial charge in [-0.1, -0.05) is 18.2 Å². The zero-order valence-corrected chi connectivity index (χ0v) is 11.6. The summed E-state index contributed by atoms with van der Waals surface area (Å²) in [5.74, 6) is 0.511. The van der Waals surface area contributed by atoms with Gasteiger partial charge in [0.2, 0.25) is 0 Å². The minimum absolute atomic E-state index is 0.0195. The molecule has 1 amide bonds. The number of carbonyl (C=O) groups excluding carboxylic acids is 1. The molecule has 1 fully saturated rings. The Bertz CT molecular complexity index is 602. The van der Waals surface area contributed by atoms with Crippen LogP contribution in [0.5, 0.6) is 0 Å². The highest BCUT2D eigenvalue weighted by Gasteiger charge is 2.22. The van der Waals surface area contributed by atoms with Crippen molar-refractivity contribution < 1.29 is 9.53 Å². The quantitative estimate of drug-likeness (QED) is 0.931. The van der Waals surface area contributed by atoms with Gasteiger partial charge in [-0.2, -0.15) is 5.10 Å². The number of aromatic nitrogens is 2. The Morgan fingerprint density at radius 1 is 1.40 bits per heavy atom. The second-order valence-electron chi connectivity index (χ2n) is 5.36. The standard InChI is InChI=1S/C15H19N3O2/c1-18(10-11-6-8-20-9-7-11)15(19)14-12-4-2-3-5-13(12)16-17-14/h2-5,11H,6-10H2,1H3,(H,16,17). The lowest BCUT2D eigenvalue weighted by atomic mass is 10.00. The van der Waals surface area contributed by atoms with Gasteiger partial charge in [-0.3, -0.25) is 9.89 Å². The van der Waals surface area contributed by atoms with Crippen LogP contribution in [0, 0.1) is 5.92 Å². The van der Waals surface area contributed by atoms with E-state index in [9.17, 15) is 4.79 Å². The summed E-state index contributed by atoms with van der Waals surface area (Å²) >= 11 is 0. The number of nitrogens with one attached hydrogen (secondary N) is 1. The van der Waals surface area contributed by atoms with Gasteiger partial charge >= 0.3 is 0 Å². The van der Waals surface area contributed by atoms with E-state index in [1.807, 2.05) is 31.3 Å². The van der Waals surface area contributed by atoms with E-state index in [1.165, 1.54) is 0 Å². The van der Waals surface area contributed by atoms with Crippen LogP contribution >= 0.6 is 0 Å². The molecule has 2 aromatic rings. The molecule has 1 saturated heterocycles. The molecular weight excluding hydrogens is 254 g/mol. The van der Waals surface area contributed by atoms with Crippen LogP contribution in [0.15, 0.2) is 24.3 Å². The van der Waals surface area contributed by atoms with Crippen LogP contribution in [0.25, 0.3) is 10.9 Å². The van der Waals surface area contributed by atoms with E-state index in [1.54, 1.807) is 4.90 Å². The van der Waals surface area contributed by atoms with Gasteiger partial charge in [-0.15, -0.1) is 0 Å². The highest BCUT2D eigenvalue weighted by Crippen LogP contribution is 2.19. The maximum atomic E-state index is 12.5. The summed E-state index contributed by atoms with van der Waals surface area (Å²) in [5, 5.41) is 7.96. The number of rotatable bonds is 3. The molecule has 0 atom stereocenters. The Morgan fingerprint density at radius 2 is 2.15 bits per heavy atom. The number of carbonyl (C=O) groups is 1. The second-order valence-corrected chi connectivity index (χ2v) is 5.36. The smallest absolute Gasteiger partial charge is 0.274 e. The molecule has 0 saturated carbocycles. The van der Waals surface area contributed by atoms with Crippen LogP contribution in [0.4, 0.5) is 0 Å². The fourth-order valence-corrected chi connectivity index (χ4v) is 2.71. The normalized spacial score (nSPS) is 16.4. The van der Waals surface area contributed by atoms with Gasteiger partial charge in [0.15, 0.2) is 5.69 Å². The molecular formula is C15H19N3O2. The summed E-state index contributed by atoms with van der Waals surface area (Å²) in [6.45, 7) is 2.37. The van der Waals surface area contributed by atoms with E-state index < -0.39 is 0 Å². The number of nitrogens with zero attached hydrogens (tertiary/aromatic N) is 2. The van der Waals surface area contributed by atoms with Crippen LogP contribution in [0.2, 0.25) is 0 Å². The Hall–Kier alpha value is -1.88. The summed E-state index contributed by atoms with van der Waals surface area (Å²) in [6.07, 6.45) is 2.05. The predicted octanol–water partition coefficient (Wildman–Crippen LogP) is 2.06. The molecule has 0 spiro atoms. The zero-order valence-electron chi connectivity index (χ0n) is 11.6. The first-order valence-electron chi connectivity index (χ1n) is 7.02. The third-order valence-electron chi connectivity index (χ3n) is 3.89. The molecule has 2 heterocycles. The Labute approximate surface area is 117 Å². The summed E-state index contributed by atoms with van der Waals surface area (Å²) in [4.78, 5) is 14.3. The molecule has 0 radical (unpaired) electrons. The number of H-pyrrole nitrogens is 1. The van der Waals surface area contributed by atoms with E-state index in [2.05, 4.69) is 10.2 Å². The third kappa shape index (κ3) is 2.54. The van der Waals surface area contributed by atoms with Crippen molar-refractivity contribution >= 4 is 16.8 Å². The van der Waals surface area contributed by atoms with Crippen LogP contribution in [-0.2, 0) is 4.74 Å². The summed E-state index contributed by atoms with van der Waals surface area (Å²) in [6, 6.07) is 7.71. The van der Waals surface area contributed by atoms with Crippen molar-refractivity contribution in [1.29, 1.82) is 0 Å². The monoisotopic (exact) mass is 273 g/mol. The van der Waals surface area contributed by atoms with Crippen LogP contribution in [0.1, 0.15) is 23.3 Å². The van der Waals surface area contributed by atoms with E-state index in [0.29, 0.717) is 11.6 Å². The van der Waals surface area contributed by atoms with Crippen LogP contribution in [-0.4, -0.2) is 47.8 Å². The van der Waals surface area contributed by atoms with E-state index in [4.69, 9.17) is 4.74 Å². The Balaban J connectivity index is 1.74. The number of ether oxygens (including phenoxy) is 1. The average Bonchev–Trinajstić information content (AvgIpc) is 2.91. The van der Waals surface area contributed by atoms with Crippen molar-refractivity contribution in [3.05, 3.63) is 30.0 Å². The molecule has 5 nitrogen and oxygen atoms in total. The van der Waals surface area contributed by atoms with Crippen LogP contribution in [0.3, 0.4) is 0 Å². The molecule has 1 aromatic heterocycles. The highest BCUT2D eigenvalue weighted by molar-refractivity contribution is 6.04. The largest absolute Gasteiger partial charge is 0.381 e. The first kappa shape index (κ1) is 13.1. The Morgan fingerprint density at radius 3 is 2.95 bits per heavy atom. The van der Waals surface area contributed by atoms with Crippen molar-refractivity contribution in [3.8, 4) is 0 Å². The van der Waals surface area contributed by atoms with Crippen molar-refractivity contribution in [2.24, 2.45) is 5.92 Å². The van der Waals surface area contributed by atoms with Gasteiger partial charge < -0.3 is 9.64 Å². The number of benzene rings is 1. The average molecular weight is 273 g/mol. The minimum Gasteiger partial charge on any atom is -0.381 e. The van der Waals surface area contributed by atoms with E-state index >= 15 is 0 Å². The van der Waals surface area contributed by atoms with Crippen molar-refractivity contribution in [3.63, 3.8) is 0 Å². The maximum absolute atomic E-state index is 12.5. The van der Waals surface area contributed by atoms with Crippen molar-refractivity contribution in [2.75, 3.05) is 26.8 Å². The molecule has 0 bridgehead atoms. The predicted molar refractivity (Wildman–Crippen MR) is 76.6 cm³/mol. The van der Waals surface area contributed by atoms with Gasteiger partial charge in [0.25, 0.3) is 5.91 Å². The van der Waals surface area contributed by atoms with Crippen molar-refractivity contribution in [2.45, 2.75) is 12.8 Å². The molecule has 106 valence electrons. The number of hydrogen-bond donors (Lipinski definition) is 1. The number of aromatic amines is 1. The molecule has 0 aliphatic carbocycles. The molecule has 1 aromatic carbocycles. The molecule has 1 aliphatic rings. The highest BCUT2D eigenvalue weighted by atomic mass is 16.5. The summed E-state index contributed by atoms with van der Waals surface area (Å²) in [7, 11) is 1.85. The number of hydrogen-bond acceptors (Lipinski definition) is 3. The first-order chi connectivity index (χ1) is 9.75. The van der Waals surface area contributed by atoms with Gasteiger partial charge in [-0.25, -0.2) is 0 Å². The molecule has 1 N–H and O–H groups in total. The number of fused-ring (bicyclic) bond motifs is 1. The lowest BCUT2D eigenvalue weighted by Crippen LogP contribution is -2.34. The van der Waals surface area contributed by atoms with Gasteiger partial charge in [-0.05, 0) is 24.8 Å². The molecule has 0 unspecified atom stereocenters. The fourth-order valence-electron chi connectivity index (χ4n) is 2.71. The number of amides is 1. The molecule has 1 aliphatic heterocycles. The van der Waals surface area contributed by atoms with Gasteiger partial charge in [0.05, 0.1) is 5.52 Å².